The normalized spacial score (nSPS) is 27.6. The molecule has 2 N–H and O–H groups in total. The molecule has 0 bridgehead atoms. The molecular formula is C17H21N3O3. The van der Waals surface area contributed by atoms with Crippen LogP contribution in [-0.4, -0.2) is 35.8 Å². The summed E-state index contributed by atoms with van der Waals surface area (Å²) in [6.45, 7) is 5.39. The van der Waals surface area contributed by atoms with E-state index in [2.05, 4.69) is 17.6 Å². The van der Waals surface area contributed by atoms with E-state index >= 15 is 0 Å². The fourth-order valence-corrected chi connectivity index (χ4v) is 3.25. The Morgan fingerprint density at radius 3 is 2.52 bits per heavy atom. The van der Waals surface area contributed by atoms with Crippen LogP contribution in [0.2, 0.25) is 0 Å². The first-order chi connectivity index (χ1) is 10.9. The van der Waals surface area contributed by atoms with Gasteiger partial charge in [0.2, 0.25) is 0 Å². The van der Waals surface area contributed by atoms with Crippen molar-refractivity contribution < 1.29 is 14.4 Å². The summed E-state index contributed by atoms with van der Waals surface area (Å²) in [6, 6.07) is 6.40. The van der Waals surface area contributed by atoms with Crippen LogP contribution in [0.15, 0.2) is 24.3 Å². The summed E-state index contributed by atoms with van der Waals surface area (Å²) < 4.78 is 0. The molecule has 1 aromatic carbocycles. The number of nitrogens with zero attached hydrogens (tertiary/aromatic N) is 1. The number of nitrogens with one attached hydrogen (secondary N) is 2. The first-order valence-electron chi connectivity index (χ1n) is 7.93. The van der Waals surface area contributed by atoms with Crippen molar-refractivity contribution in [2.24, 2.45) is 5.92 Å². The molecule has 0 radical (unpaired) electrons. The quantitative estimate of drug-likeness (QED) is 0.814. The van der Waals surface area contributed by atoms with Crippen LogP contribution in [0.5, 0.6) is 0 Å². The number of carbonyl (C=O) groups excluding carboxylic acids is 3. The van der Waals surface area contributed by atoms with Gasteiger partial charge in [0.05, 0.1) is 0 Å². The van der Waals surface area contributed by atoms with Gasteiger partial charge in [0.25, 0.3) is 11.8 Å². The molecule has 2 aliphatic heterocycles. The van der Waals surface area contributed by atoms with E-state index in [1.807, 2.05) is 4.90 Å². The summed E-state index contributed by atoms with van der Waals surface area (Å²) in [7, 11) is 0. The van der Waals surface area contributed by atoms with Crippen molar-refractivity contribution in [1.29, 1.82) is 0 Å². The van der Waals surface area contributed by atoms with Crippen LogP contribution in [0.1, 0.15) is 42.6 Å². The van der Waals surface area contributed by atoms with Crippen molar-refractivity contribution in [2.45, 2.75) is 32.2 Å². The maximum Gasteiger partial charge on any atom is 0.322 e. The molecule has 3 rings (SSSR count). The van der Waals surface area contributed by atoms with Crippen LogP contribution in [-0.2, 0) is 10.3 Å². The fraction of sp³-hybridized carbons (Fsp3) is 0.471. The van der Waals surface area contributed by atoms with Crippen LogP contribution >= 0.6 is 0 Å². The second-order valence-corrected chi connectivity index (χ2v) is 6.61. The first-order valence-corrected chi connectivity index (χ1v) is 7.93. The minimum atomic E-state index is -1.09. The van der Waals surface area contributed by atoms with E-state index in [9.17, 15) is 14.4 Å². The Labute approximate surface area is 135 Å². The van der Waals surface area contributed by atoms with Crippen molar-refractivity contribution in [2.75, 3.05) is 13.1 Å². The number of hydrogen-bond acceptors (Lipinski definition) is 3. The van der Waals surface area contributed by atoms with Crippen molar-refractivity contribution in [3.05, 3.63) is 35.4 Å². The lowest BCUT2D eigenvalue weighted by Gasteiger charge is -2.31. The topological polar surface area (TPSA) is 78.5 Å². The van der Waals surface area contributed by atoms with Gasteiger partial charge in [-0.3, -0.25) is 14.9 Å². The van der Waals surface area contributed by atoms with E-state index < -0.39 is 11.6 Å². The Balaban J connectivity index is 1.78. The molecule has 4 amide bonds. The van der Waals surface area contributed by atoms with Crippen LogP contribution in [0.25, 0.3) is 0 Å². The number of urea groups is 1. The Morgan fingerprint density at radius 2 is 1.96 bits per heavy atom. The molecule has 122 valence electrons. The summed E-state index contributed by atoms with van der Waals surface area (Å²) >= 11 is 0. The molecule has 2 saturated heterocycles. The van der Waals surface area contributed by atoms with E-state index in [1.165, 1.54) is 0 Å². The third-order valence-corrected chi connectivity index (χ3v) is 4.70. The molecule has 0 aromatic heterocycles. The third kappa shape index (κ3) is 2.81. The number of hydrogen-bond donors (Lipinski definition) is 2. The van der Waals surface area contributed by atoms with Gasteiger partial charge in [-0.25, -0.2) is 4.79 Å². The highest BCUT2D eigenvalue weighted by molar-refractivity contribution is 6.07. The predicted octanol–water partition coefficient (Wildman–Crippen LogP) is 1.61. The Kier molecular flexibility index (Phi) is 3.83. The van der Waals surface area contributed by atoms with Gasteiger partial charge in [-0.05, 0) is 43.4 Å². The van der Waals surface area contributed by atoms with Crippen molar-refractivity contribution in [3.63, 3.8) is 0 Å². The van der Waals surface area contributed by atoms with Crippen molar-refractivity contribution in [3.8, 4) is 0 Å². The smallest absolute Gasteiger partial charge is 0.322 e. The molecule has 6 heteroatoms. The second kappa shape index (κ2) is 5.68. The lowest BCUT2D eigenvalue weighted by atomic mass is 9.91. The van der Waals surface area contributed by atoms with E-state index in [4.69, 9.17) is 0 Å². The van der Waals surface area contributed by atoms with Gasteiger partial charge in [0, 0.05) is 18.7 Å². The van der Waals surface area contributed by atoms with Crippen molar-refractivity contribution >= 4 is 17.8 Å². The summed E-state index contributed by atoms with van der Waals surface area (Å²) in [4.78, 5) is 37.7. The molecule has 0 aliphatic carbocycles. The maximum atomic E-state index is 12.6. The summed E-state index contributed by atoms with van der Waals surface area (Å²) in [5, 5.41) is 4.85. The summed E-state index contributed by atoms with van der Waals surface area (Å²) in [5.41, 5.74) is 0.179. The molecule has 0 spiro atoms. The molecule has 23 heavy (non-hydrogen) atoms. The standard InChI is InChI=1S/C17H21N3O3/c1-11-4-3-9-20(10-11)14(21)12-5-7-13(8-6-12)17(2)15(22)18-16(23)19-17/h5-8,11H,3-4,9-10H2,1-2H3,(H2,18,19,22,23)/t11-,17+/m1/s1. The van der Waals surface area contributed by atoms with Crippen LogP contribution < -0.4 is 10.6 Å². The number of rotatable bonds is 2. The fourth-order valence-electron chi connectivity index (χ4n) is 3.25. The minimum absolute atomic E-state index is 0.0214. The zero-order valence-corrected chi connectivity index (χ0v) is 13.4. The van der Waals surface area contributed by atoms with Gasteiger partial charge >= 0.3 is 6.03 Å². The number of amides is 4. The number of imide groups is 1. The van der Waals surface area contributed by atoms with Gasteiger partial charge in [-0.1, -0.05) is 19.1 Å². The van der Waals surface area contributed by atoms with Crippen LogP contribution in [0.3, 0.4) is 0 Å². The summed E-state index contributed by atoms with van der Waals surface area (Å²) in [6.07, 6.45) is 2.20. The monoisotopic (exact) mass is 315 g/mol. The first kappa shape index (κ1) is 15.5. The minimum Gasteiger partial charge on any atom is -0.338 e. The molecule has 6 nitrogen and oxygen atoms in total. The van der Waals surface area contributed by atoms with Crippen LogP contribution in [0, 0.1) is 5.92 Å². The number of piperidine rings is 1. The van der Waals surface area contributed by atoms with Gasteiger partial charge in [0.1, 0.15) is 5.54 Å². The lowest BCUT2D eigenvalue weighted by molar-refractivity contribution is -0.123. The van der Waals surface area contributed by atoms with Crippen molar-refractivity contribution in [1.82, 2.24) is 15.5 Å². The molecule has 0 saturated carbocycles. The average Bonchev–Trinajstić information content (AvgIpc) is 2.80. The SMILES string of the molecule is C[C@@H]1CCCN(C(=O)c2ccc([C@]3(C)NC(=O)NC3=O)cc2)C1. The predicted molar refractivity (Wildman–Crippen MR) is 84.8 cm³/mol. The largest absolute Gasteiger partial charge is 0.338 e. The van der Waals surface area contributed by atoms with Gasteiger partial charge in [-0.2, -0.15) is 0 Å². The highest BCUT2D eigenvalue weighted by Gasteiger charge is 2.43. The molecule has 1 aromatic rings. The lowest BCUT2D eigenvalue weighted by Crippen LogP contribution is -2.41. The highest BCUT2D eigenvalue weighted by atomic mass is 16.2. The van der Waals surface area contributed by atoms with Gasteiger partial charge in [-0.15, -0.1) is 0 Å². The number of benzene rings is 1. The zero-order chi connectivity index (χ0) is 16.6. The Hall–Kier alpha value is -2.37. The van der Waals surface area contributed by atoms with E-state index in [1.54, 1.807) is 31.2 Å². The molecule has 2 atom stereocenters. The Bertz CT molecular complexity index is 656. The van der Waals surface area contributed by atoms with Gasteiger partial charge < -0.3 is 10.2 Å². The van der Waals surface area contributed by atoms with Crippen LogP contribution in [0.4, 0.5) is 4.79 Å². The zero-order valence-electron chi connectivity index (χ0n) is 13.4. The molecule has 2 heterocycles. The number of carbonyl (C=O) groups is 3. The van der Waals surface area contributed by atoms with E-state index in [0.717, 1.165) is 25.9 Å². The highest BCUT2D eigenvalue weighted by Crippen LogP contribution is 2.25. The second-order valence-electron chi connectivity index (χ2n) is 6.61. The maximum absolute atomic E-state index is 12.6. The average molecular weight is 315 g/mol. The molecule has 2 fully saturated rings. The molecular weight excluding hydrogens is 294 g/mol. The Morgan fingerprint density at radius 1 is 1.26 bits per heavy atom. The van der Waals surface area contributed by atoms with E-state index in [0.29, 0.717) is 17.0 Å². The third-order valence-electron chi connectivity index (χ3n) is 4.70. The van der Waals surface area contributed by atoms with E-state index in [-0.39, 0.29) is 11.8 Å². The number of likely N-dealkylation sites (tertiary alicyclic amines) is 1. The molecule has 2 aliphatic rings. The van der Waals surface area contributed by atoms with Gasteiger partial charge in [0.15, 0.2) is 0 Å². The summed E-state index contributed by atoms with van der Waals surface area (Å²) in [5.74, 6) is 0.169. The molecule has 0 unspecified atom stereocenters.